The minimum Gasteiger partial charge on any atom is -0.458 e. The first-order valence-corrected chi connectivity index (χ1v) is 13.8. The van der Waals surface area contributed by atoms with Crippen LogP contribution in [-0.2, 0) is 33.3 Å². The Hall–Kier alpha value is -1.75. The van der Waals surface area contributed by atoms with Crippen LogP contribution in [0, 0.1) is 23.7 Å². The molecule has 0 spiro atoms. The first-order chi connectivity index (χ1) is 17.5. The van der Waals surface area contributed by atoms with Crippen molar-refractivity contribution in [3.8, 4) is 0 Å². The van der Waals surface area contributed by atoms with Crippen molar-refractivity contribution in [2.75, 3.05) is 0 Å². The number of esters is 3. The van der Waals surface area contributed by atoms with Crippen LogP contribution in [0.2, 0.25) is 0 Å². The smallest absolute Gasteiger partial charge is 0.306 e. The van der Waals surface area contributed by atoms with Crippen molar-refractivity contribution in [3.63, 3.8) is 0 Å². The molecule has 2 heterocycles. The maximum Gasteiger partial charge on any atom is 0.306 e. The van der Waals surface area contributed by atoms with E-state index >= 15 is 0 Å². The van der Waals surface area contributed by atoms with Gasteiger partial charge in [0.15, 0.2) is 6.10 Å². The number of hydrogen-bond donors (Lipinski definition) is 3. The lowest BCUT2D eigenvalue weighted by Gasteiger charge is -2.55. The summed E-state index contributed by atoms with van der Waals surface area (Å²) >= 11 is 0. The molecule has 1 saturated carbocycles. The quantitative estimate of drug-likeness (QED) is 0.337. The number of aliphatic hydroxyl groups excluding tert-OH is 1. The highest BCUT2D eigenvalue weighted by Crippen LogP contribution is 2.58. The van der Waals surface area contributed by atoms with Crippen LogP contribution in [-0.4, -0.2) is 80.6 Å². The molecule has 0 amide bonds. The Balaban J connectivity index is 2.24. The summed E-state index contributed by atoms with van der Waals surface area (Å²) in [7, 11) is 0. The van der Waals surface area contributed by atoms with Gasteiger partial charge in [-0.3, -0.25) is 14.4 Å². The zero-order chi connectivity index (χ0) is 28.8. The average Bonchev–Trinajstić information content (AvgIpc) is 3.14. The Kier molecular flexibility index (Phi) is 8.93. The molecular formula is C28H46O10. The third-order valence-electron chi connectivity index (χ3n) is 8.87. The van der Waals surface area contributed by atoms with E-state index in [4.69, 9.17) is 18.9 Å². The zero-order valence-electron chi connectivity index (χ0n) is 23.9. The van der Waals surface area contributed by atoms with E-state index in [-0.39, 0.29) is 31.6 Å². The molecule has 3 rings (SSSR count). The van der Waals surface area contributed by atoms with Crippen molar-refractivity contribution in [3.05, 3.63) is 0 Å². The molecule has 10 heteroatoms. The van der Waals surface area contributed by atoms with Crippen molar-refractivity contribution >= 4 is 17.9 Å². The van der Waals surface area contributed by atoms with E-state index in [9.17, 15) is 29.7 Å². The van der Waals surface area contributed by atoms with Gasteiger partial charge in [0, 0.05) is 44.4 Å². The van der Waals surface area contributed by atoms with Gasteiger partial charge in [0.1, 0.15) is 23.4 Å². The van der Waals surface area contributed by atoms with Crippen molar-refractivity contribution in [2.24, 2.45) is 23.7 Å². The molecular weight excluding hydrogens is 496 g/mol. The Morgan fingerprint density at radius 3 is 2.18 bits per heavy atom. The van der Waals surface area contributed by atoms with Gasteiger partial charge in [-0.2, -0.15) is 0 Å². The van der Waals surface area contributed by atoms with Gasteiger partial charge >= 0.3 is 17.9 Å². The fourth-order valence-electron chi connectivity index (χ4n) is 7.24. The minimum absolute atomic E-state index is 0.00317. The molecule has 0 aromatic heterocycles. The van der Waals surface area contributed by atoms with Gasteiger partial charge in [0.25, 0.3) is 0 Å². The SMILES string of the molecule is CCCC(=O)O[C@]1(C)CC[C@H](O)[C@@](C)(O)C[C@H]2O[C@@H]1[C@@H]1[C@@H](C(C)C)[C@H](OC(C)=O)[C@@H](OC(C)=O)[C@@](C)(O)[C@@H]12. The Morgan fingerprint density at radius 1 is 1.05 bits per heavy atom. The van der Waals surface area contributed by atoms with Gasteiger partial charge in [-0.05, 0) is 46.0 Å². The summed E-state index contributed by atoms with van der Waals surface area (Å²) in [6.07, 6.45) is -3.66. The topological polar surface area (TPSA) is 149 Å². The second kappa shape index (κ2) is 11.0. The molecule has 2 aliphatic heterocycles. The van der Waals surface area contributed by atoms with Crippen molar-refractivity contribution < 1.29 is 48.7 Å². The highest BCUT2D eigenvalue weighted by atomic mass is 16.6. The molecule has 3 fully saturated rings. The number of aliphatic hydroxyl groups is 3. The molecule has 0 unspecified atom stereocenters. The van der Waals surface area contributed by atoms with Crippen LogP contribution < -0.4 is 0 Å². The standard InChI is InChI=1S/C28H46O10/c1-9-10-19(32)38-27(7)12-11-18(31)26(6,33)13-17-22-21(24(27)37-17)20(14(2)3)23(35-15(4)29)25(28(22,8)34)36-16(5)30/h14,17-18,20-25,31,33-34H,9-13H2,1-8H3/t17-,18+,20-,21-,22-,23+,24-,25-,26+,27-,28+/m1/s1. The van der Waals surface area contributed by atoms with Gasteiger partial charge < -0.3 is 34.3 Å². The monoisotopic (exact) mass is 542 g/mol. The Bertz CT molecular complexity index is 898. The molecule has 3 N–H and O–H groups in total. The van der Waals surface area contributed by atoms with Crippen LogP contribution in [0.5, 0.6) is 0 Å². The van der Waals surface area contributed by atoms with Crippen molar-refractivity contribution in [1.82, 2.24) is 0 Å². The van der Waals surface area contributed by atoms with Gasteiger partial charge in [-0.25, -0.2) is 0 Å². The van der Waals surface area contributed by atoms with Gasteiger partial charge in [-0.15, -0.1) is 0 Å². The summed E-state index contributed by atoms with van der Waals surface area (Å²) in [4.78, 5) is 37.2. The van der Waals surface area contributed by atoms with Crippen LogP contribution in [0.1, 0.15) is 87.5 Å². The lowest BCUT2D eigenvalue weighted by atomic mass is 9.55. The van der Waals surface area contributed by atoms with Crippen LogP contribution in [0.25, 0.3) is 0 Å². The average molecular weight is 543 g/mol. The molecule has 2 bridgehead atoms. The van der Waals surface area contributed by atoms with Crippen LogP contribution in [0.4, 0.5) is 0 Å². The molecule has 2 saturated heterocycles. The first kappa shape index (κ1) is 30.8. The normalized spacial score (nSPS) is 44.8. The second-order valence-electron chi connectivity index (χ2n) is 12.5. The summed E-state index contributed by atoms with van der Waals surface area (Å²) < 4.78 is 24.1. The Labute approximate surface area is 225 Å². The number of hydrogen-bond acceptors (Lipinski definition) is 10. The summed E-state index contributed by atoms with van der Waals surface area (Å²) in [5, 5.41) is 34.3. The number of carbonyl (C=O) groups excluding carboxylic acids is 3. The molecule has 3 aliphatic rings. The van der Waals surface area contributed by atoms with E-state index in [1.165, 1.54) is 27.7 Å². The molecule has 0 aromatic carbocycles. The van der Waals surface area contributed by atoms with E-state index in [2.05, 4.69) is 0 Å². The molecule has 218 valence electrons. The fourth-order valence-corrected chi connectivity index (χ4v) is 7.24. The molecule has 10 nitrogen and oxygen atoms in total. The van der Waals surface area contributed by atoms with E-state index in [0.29, 0.717) is 6.42 Å². The van der Waals surface area contributed by atoms with Gasteiger partial charge in [0.2, 0.25) is 0 Å². The fraction of sp³-hybridized carbons (Fsp3) is 0.893. The molecule has 0 radical (unpaired) electrons. The summed E-state index contributed by atoms with van der Waals surface area (Å²) in [5.41, 5.74) is -4.50. The van der Waals surface area contributed by atoms with Gasteiger partial charge in [-0.1, -0.05) is 20.8 Å². The largest absolute Gasteiger partial charge is 0.458 e. The number of carbonyl (C=O) groups is 3. The number of fused-ring (bicyclic) bond motifs is 5. The predicted molar refractivity (Wildman–Crippen MR) is 136 cm³/mol. The lowest BCUT2D eigenvalue weighted by Crippen LogP contribution is -2.68. The summed E-state index contributed by atoms with van der Waals surface area (Å²) in [6.45, 7) is 13.1. The van der Waals surface area contributed by atoms with E-state index < -0.39 is 83.0 Å². The minimum atomic E-state index is -1.74. The van der Waals surface area contributed by atoms with E-state index in [1.54, 1.807) is 6.92 Å². The molecule has 1 aliphatic carbocycles. The van der Waals surface area contributed by atoms with Crippen LogP contribution >= 0.6 is 0 Å². The molecule has 11 atom stereocenters. The van der Waals surface area contributed by atoms with Gasteiger partial charge in [0.05, 0.1) is 17.8 Å². The summed E-state index contributed by atoms with van der Waals surface area (Å²) in [5.74, 6) is -3.37. The first-order valence-electron chi connectivity index (χ1n) is 13.8. The highest BCUT2D eigenvalue weighted by molar-refractivity contribution is 5.70. The maximum absolute atomic E-state index is 12.8. The highest BCUT2D eigenvalue weighted by Gasteiger charge is 2.70. The Morgan fingerprint density at radius 2 is 1.66 bits per heavy atom. The van der Waals surface area contributed by atoms with Crippen molar-refractivity contribution in [1.29, 1.82) is 0 Å². The molecule has 0 aromatic rings. The third-order valence-corrected chi connectivity index (χ3v) is 8.87. The summed E-state index contributed by atoms with van der Waals surface area (Å²) in [6, 6.07) is 0. The maximum atomic E-state index is 12.8. The number of rotatable bonds is 6. The van der Waals surface area contributed by atoms with Crippen molar-refractivity contribution in [2.45, 2.75) is 135 Å². The third kappa shape index (κ3) is 5.74. The zero-order valence-corrected chi connectivity index (χ0v) is 23.9. The number of ether oxygens (including phenoxy) is 4. The predicted octanol–water partition coefficient (Wildman–Crippen LogP) is 2.28. The van der Waals surface area contributed by atoms with Crippen LogP contribution in [0.3, 0.4) is 0 Å². The van der Waals surface area contributed by atoms with E-state index in [0.717, 1.165) is 0 Å². The van der Waals surface area contributed by atoms with Crippen LogP contribution in [0.15, 0.2) is 0 Å². The second-order valence-corrected chi connectivity index (χ2v) is 12.5. The van der Waals surface area contributed by atoms with E-state index in [1.807, 2.05) is 20.8 Å². The molecule has 38 heavy (non-hydrogen) atoms. The lowest BCUT2D eigenvalue weighted by molar-refractivity contribution is -0.242.